The predicted molar refractivity (Wildman–Crippen MR) is 69.4 cm³/mol. The van der Waals surface area contributed by atoms with E-state index in [-0.39, 0.29) is 19.3 Å². The van der Waals surface area contributed by atoms with Gasteiger partial charge in [-0.2, -0.15) is 0 Å². The Bertz CT molecular complexity index is 239. The summed E-state index contributed by atoms with van der Waals surface area (Å²) < 4.78 is 10.4. The van der Waals surface area contributed by atoms with Crippen molar-refractivity contribution in [1.82, 2.24) is 4.90 Å². The van der Waals surface area contributed by atoms with Crippen molar-refractivity contribution in [2.24, 2.45) is 5.73 Å². The molecule has 3 N–H and O–H groups in total. The lowest BCUT2D eigenvalue weighted by Crippen LogP contribution is -2.44. The lowest BCUT2D eigenvalue weighted by molar-refractivity contribution is 0.0145. The van der Waals surface area contributed by atoms with Crippen LogP contribution in [0, 0.1) is 0 Å². The number of carbonyl (C=O) groups is 1. The maximum atomic E-state index is 11.9. The molecule has 0 aliphatic carbocycles. The van der Waals surface area contributed by atoms with Crippen molar-refractivity contribution in [3.63, 3.8) is 0 Å². The first-order chi connectivity index (χ1) is 8.26. The zero-order valence-electron chi connectivity index (χ0n) is 11.8. The summed E-state index contributed by atoms with van der Waals surface area (Å²) in [7, 11) is 0. The normalized spacial score (nSPS) is 13.2. The molecule has 1 amide bonds. The number of carbonyl (C=O) groups excluding carboxylic acids is 1. The van der Waals surface area contributed by atoms with Gasteiger partial charge in [0.25, 0.3) is 0 Å². The van der Waals surface area contributed by atoms with Gasteiger partial charge in [-0.15, -0.1) is 0 Å². The van der Waals surface area contributed by atoms with E-state index in [1.54, 1.807) is 0 Å². The van der Waals surface area contributed by atoms with Gasteiger partial charge in [-0.1, -0.05) is 0 Å². The van der Waals surface area contributed by atoms with Crippen LogP contribution in [-0.2, 0) is 9.47 Å². The van der Waals surface area contributed by atoms with Gasteiger partial charge in [-0.3, -0.25) is 0 Å². The summed E-state index contributed by atoms with van der Waals surface area (Å²) >= 11 is 0. The first-order valence-electron chi connectivity index (χ1n) is 6.18. The van der Waals surface area contributed by atoms with Gasteiger partial charge in [0.2, 0.25) is 0 Å². The molecule has 0 radical (unpaired) electrons. The number of hydrogen-bond donors (Lipinski definition) is 2. The molecule has 0 aromatic heterocycles. The molecule has 6 nitrogen and oxygen atoms in total. The van der Waals surface area contributed by atoms with E-state index in [0.717, 1.165) is 0 Å². The number of amides is 1. The minimum Gasteiger partial charge on any atom is -0.444 e. The molecule has 0 aliphatic heterocycles. The van der Waals surface area contributed by atoms with E-state index in [2.05, 4.69) is 0 Å². The molecule has 0 heterocycles. The number of ether oxygens (including phenoxy) is 2. The van der Waals surface area contributed by atoms with Gasteiger partial charge in [0.15, 0.2) is 0 Å². The third kappa shape index (κ3) is 9.21. The Kier molecular flexibility index (Phi) is 7.90. The van der Waals surface area contributed by atoms with Crippen LogP contribution in [-0.4, -0.2) is 60.7 Å². The molecule has 1 atom stereocenters. The first kappa shape index (κ1) is 17.2. The van der Waals surface area contributed by atoms with Crippen LogP contribution in [0.3, 0.4) is 0 Å². The number of nitrogens with zero attached hydrogens (tertiary/aromatic N) is 1. The van der Waals surface area contributed by atoms with Crippen molar-refractivity contribution < 1.29 is 19.4 Å². The van der Waals surface area contributed by atoms with E-state index < -0.39 is 11.7 Å². The van der Waals surface area contributed by atoms with Gasteiger partial charge >= 0.3 is 6.09 Å². The molecule has 0 spiro atoms. The molecule has 0 bridgehead atoms. The monoisotopic (exact) mass is 262 g/mol. The fourth-order valence-electron chi connectivity index (χ4n) is 1.27. The van der Waals surface area contributed by atoms with E-state index in [1.165, 1.54) is 4.90 Å². The predicted octanol–water partition coefficient (Wildman–Crippen LogP) is 0.580. The molecular weight excluding hydrogens is 236 g/mol. The standard InChI is InChI=1S/C12H26N2O4/c1-10(13)9-14(5-7-17-8-6-15)11(16)18-12(2,3)4/h10,15H,5-9,13H2,1-4H3. The Morgan fingerprint density at radius 1 is 1.39 bits per heavy atom. The van der Waals surface area contributed by atoms with E-state index in [4.69, 9.17) is 20.3 Å². The third-order valence-electron chi connectivity index (χ3n) is 1.90. The number of rotatable bonds is 7. The van der Waals surface area contributed by atoms with Crippen LogP contribution in [0.5, 0.6) is 0 Å². The second kappa shape index (κ2) is 8.29. The van der Waals surface area contributed by atoms with Crippen LogP contribution < -0.4 is 5.73 Å². The maximum Gasteiger partial charge on any atom is 0.410 e. The number of aliphatic hydroxyl groups is 1. The Hall–Kier alpha value is -0.850. The van der Waals surface area contributed by atoms with Crippen molar-refractivity contribution in [3.05, 3.63) is 0 Å². The molecule has 1 unspecified atom stereocenters. The van der Waals surface area contributed by atoms with Crippen molar-refractivity contribution in [2.75, 3.05) is 32.9 Å². The van der Waals surface area contributed by atoms with Crippen LogP contribution in [0.4, 0.5) is 4.79 Å². The molecule has 0 fully saturated rings. The van der Waals surface area contributed by atoms with Crippen LogP contribution >= 0.6 is 0 Å². The molecule has 0 aliphatic rings. The summed E-state index contributed by atoms with van der Waals surface area (Å²) in [5, 5.41) is 8.59. The van der Waals surface area contributed by atoms with Crippen LogP contribution in [0.15, 0.2) is 0 Å². The first-order valence-corrected chi connectivity index (χ1v) is 6.18. The highest BCUT2D eigenvalue weighted by molar-refractivity contribution is 5.68. The van der Waals surface area contributed by atoms with Gasteiger partial charge in [0.05, 0.1) is 19.8 Å². The van der Waals surface area contributed by atoms with Gasteiger partial charge in [0.1, 0.15) is 5.60 Å². The van der Waals surface area contributed by atoms with Gasteiger partial charge < -0.3 is 25.2 Å². The number of hydrogen-bond acceptors (Lipinski definition) is 5. The second-order valence-corrected chi connectivity index (χ2v) is 5.24. The lowest BCUT2D eigenvalue weighted by atomic mass is 10.2. The summed E-state index contributed by atoms with van der Waals surface area (Å²) in [4.78, 5) is 13.4. The average Bonchev–Trinajstić information content (AvgIpc) is 2.19. The fourth-order valence-corrected chi connectivity index (χ4v) is 1.27. The highest BCUT2D eigenvalue weighted by Gasteiger charge is 2.22. The largest absolute Gasteiger partial charge is 0.444 e. The van der Waals surface area contributed by atoms with Gasteiger partial charge in [-0.25, -0.2) is 4.79 Å². The molecule has 6 heteroatoms. The SMILES string of the molecule is CC(N)CN(CCOCCO)C(=O)OC(C)(C)C. The molecule has 0 rings (SSSR count). The summed E-state index contributed by atoms with van der Waals surface area (Å²) in [5.41, 5.74) is 5.17. The second-order valence-electron chi connectivity index (χ2n) is 5.24. The molecule has 18 heavy (non-hydrogen) atoms. The smallest absolute Gasteiger partial charge is 0.410 e. The fraction of sp³-hybridized carbons (Fsp3) is 0.917. The zero-order chi connectivity index (χ0) is 14.2. The van der Waals surface area contributed by atoms with Crippen LogP contribution in [0.2, 0.25) is 0 Å². The number of nitrogens with two attached hydrogens (primary N) is 1. The van der Waals surface area contributed by atoms with E-state index in [1.807, 2.05) is 27.7 Å². The minimum atomic E-state index is -0.529. The van der Waals surface area contributed by atoms with E-state index >= 15 is 0 Å². The highest BCUT2D eigenvalue weighted by Crippen LogP contribution is 2.10. The molecule has 0 saturated heterocycles. The summed E-state index contributed by atoms with van der Waals surface area (Å²) in [6.07, 6.45) is -0.396. The molecule has 0 aromatic rings. The molecule has 0 saturated carbocycles. The lowest BCUT2D eigenvalue weighted by Gasteiger charge is -2.28. The molecular formula is C12H26N2O4. The van der Waals surface area contributed by atoms with Crippen LogP contribution in [0.25, 0.3) is 0 Å². The summed E-state index contributed by atoms with van der Waals surface area (Å²) in [6, 6.07) is -0.129. The van der Waals surface area contributed by atoms with Crippen molar-refractivity contribution >= 4 is 6.09 Å². The van der Waals surface area contributed by atoms with E-state index in [9.17, 15) is 4.79 Å². The Labute approximate surface area is 109 Å². The minimum absolute atomic E-state index is 0.0280. The Morgan fingerprint density at radius 3 is 2.44 bits per heavy atom. The molecule has 108 valence electrons. The van der Waals surface area contributed by atoms with Crippen molar-refractivity contribution in [2.45, 2.75) is 39.3 Å². The maximum absolute atomic E-state index is 11.9. The summed E-state index contributed by atoms with van der Waals surface area (Å²) in [6.45, 7) is 8.68. The zero-order valence-corrected chi connectivity index (χ0v) is 11.8. The summed E-state index contributed by atoms with van der Waals surface area (Å²) in [5.74, 6) is 0. The highest BCUT2D eigenvalue weighted by atomic mass is 16.6. The Balaban J connectivity index is 4.24. The van der Waals surface area contributed by atoms with Gasteiger partial charge in [-0.05, 0) is 27.7 Å². The van der Waals surface area contributed by atoms with Crippen molar-refractivity contribution in [3.8, 4) is 0 Å². The molecule has 0 aromatic carbocycles. The van der Waals surface area contributed by atoms with Crippen LogP contribution in [0.1, 0.15) is 27.7 Å². The van der Waals surface area contributed by atoms with Gasteiger partial charge in [0, 0.05) is 19.1 Å². The topological polar surface area (TPSA) is 85.0 Å². The third-order valence-corrected chi connectivity index (χ3v) is 1.90. The number of aliphatic hydroxyl groups excluding tert-OH is 1. The van der Waals surface area contributed by atoms with Crippen molar-refractivity contribution in [1.29, 1.82) is 0 Å². The average molecular weight is 262 g/mol. The Morgan fingerprint density at radius 2 is 2.00 bits per heavy atom. The van der Waals surface area contributed by atoms with E-state index in [0.29, 0.717) is 19.7 Å². The quantitative estimate of drug-likeness (QED) is 0.656.